The molecule has 0 spiro atoms. The third-order valence-corrected chi connectivity index (χ3v) is 7.27. The molecule has 178 valence electrons. The van der Waals surface area contributed by atoms with E-state index < -0.39 is 7.14 Å². The lowest BCUT2D eigenvalue weighted by molar-refractivity contribution is 0.0696. The molecule has 1 fully saturated rings. The van der Waals surface area contributed by atoms with Gasteiger partial charge in [-0.15, -0.1) is 0 Å². The number of rotatable bonds is 7. The molecule has 2 heterocycles. The van der Waals surface area contributed by atoms with Gasteiger partial charge in [-0.3, -0.25) is 4.79 Å². The Labute approximate surface area is 203 Å². The number of ether oxygens (including phenoxy) is 1. The summed E-state index contributed by atoms with van der Waals surface area (Å²) in [7, 11) is -2.50. The first-order valence-electron chi connectivity index (χ1n) is 11.0. The summed E-state index contributed by atoms with van der Waals surface area (Å²) in [4.78, 5) is 21.2. The molecule has 2 aromatic carbocycles. The van der Waals surface area contributed by atoms with Gasteiger partial charge in [-0.2, -0.15) is 4.98 Å². The molecule has 3 N–H and O–H groups in total. The molecular weight excluding hydrogens is 473 g/mol. The molecular formula is C24H27ClN5O3P. The Morgan fingerprint density at radius 1 is 1.06 bits per heavy atom. The van der Waals surface area contributed by atoms with E-state index in [1.54, 1.807) is 37.6 Å². The zero-order valence-electron chi connectivity index (χ0n) is 19.0. The van der Waals surface area contributed by atoms with E-state index in [4.69, 9.17) is 16.3 Å². The molecule has 10 heteroatoms. The third-order valence-electron chi connectivity index (χ3n) is 5.44. The maximum absolute atomic E-state index is 12.7. The van der Waals surface area contributed by atoms with E-state index in [0.717, 1.165) is 18.5 Å². The minimum absolute atomic E-state index is 0.101. The topological polar surface area (TPSA) is 105 Å². The molecule has 34 heavy (non-hydrogen) atoms. The molecule has 1 amide bonds. The van der Waals surface area contributed by atoms with E-state index in [9.17, 15) is 9.36 Å². The van der Waals surface area contributed by atoms with Crippen molar-refractivity contribution in [3.8, 4) is 0 Å². The molecule has 0 radical (unpaired) electrons. The number of para-hydroxylation sites is 1. The highest BCUT2D eigenvalue weighted by atomic mass is 35.5. The van der Waals surface area contributed by atoms with Gasteiger partial charge in [0.05, 0.1) is 11.9 Å². The van der Waals surface area contributed by atoms with Crippen molar-refractivity contribution in [2.75, 3.05) is 37.2 Å². The summed E-state index contributed by atoms with van der Waals surface area (Å²) in [6.45, 7) is 4.78. The van der Waals surface area contributed by atoms with Gasteiger partial charge in [0, 0.05) is 35.8 Å². The zero-order chi connectivity index (χ0) is 24.1. The summed E-state index contributed by atoms with van der Waals surface area (Å²) in [5.74, 6) is 0.628. The highest BCUT2D eigenvalue weighted by molar-refractivity contribution is 7.70. The molecule has 1 aliphatic rings. The number of halogens is 1. The highest BCUT2D eigenvalue weighted by Crippen LogP contribution is 2.38. The smallest absolute Gasteiger partial charge is 0.251 e. The van der Waals surface area contributed by atoms with E-state index in [0.29, 0.717) is 46.6 Å². The zero-order valence-corrected chi connectivity index (χ0v) is 20.7. The van der Waals surface area contributed by atoms with Gasteiger partial charge in [-0.05, 0) is 62.6 Å². The van der Waals surface area contributed by atoms with Gasteiger partial charge in [0.1, 0.15) is 12.2 Å². The molecule has 1 aliphatic heterocycles. The maximum atomic E-state index is 12.7. The molecule has 1 saturated heterocycles. The second-order valence-electron chi connectivity index (χ2n) is 8.45. The van der Waals surface area contributed by atoms with Crippen LogP contribution in [0.25, 0.3) is 0 Å². The van der Waals surface area contributed by atoms with Gasteiger partial charge in [0.25, 0.3) is 5.91 Å². The summed E-state index contributed by atoms with van der Waals surface area (Å²) in [5, 5.41) is 10.4. The van der Waals surface area contributed by atoms with Gasteiger partial charge in [-0.25, -0.2) is 4.98 Å². The van der Waals surface area contributed by atoms with Crippen molar-refractivity contribution >= 4 is 53.1 Å². The van der Waals surface area contributed by atoms with Crippen molar-refractivity contribution in [1.29, 1.82) is 0 Å². The minimum atomic E-state index is -2.50. The molecule has 8 nitrogen and oxygen atoms in total. The van der Waals surface area contributed by atoms with Crippen molar-refractivity contribution < 1.29 is 14.1 Å². The van der Waals surface area contributed by atoms with Gasteiger partial charge < -0.3 is 25.3 Å². The first kappa shape index (κ1) is 24.2. The SMILES string of the molecule is CP(C)(=O)c1ccccc1Nc1nc(Nc2ccc(C(=O)NC3CCOCC3)cc2)ncc1Cl. The summed E-state index contributed by atoms with van der Waals surface area (Å²) < 4.78 is 18.0. The fraction of sp³-hybridized carbons (Fsp3) is 0.292. The first-order chi connectivity index (χ1) is 16.3. The van der Waals surface area contributed by atoms with Gasteiger partial charge >= 0.3 is 0 Å². The fourth-order valence-electron chi connectivity index (χ4n) is 3.64. The lowest BCUT2D eigenvalue weighted by Crippen LogP contribution is -2.38. The quantitative estimate of drug-likeness (QED) is 0.402. The minimum Gasteiger partial charge on any atom is -0.381 e. The molecule has 3 aromatic rings. The van der Waals surface area contributed by atoms with E-state index in [1.165, 1.54) is 6.20 Å². The Morgan fingerprint density at radius 2 is 1.76 bits per heavy atom. The largest absolute Gasteiger partial charge is 0.381 e. The Bertz CT molecular complexity index is 1210. The van der Waals surface area contributed by atoms with Crippen LogP contribution in [0.3, 0.4) is 0 Å². The van der Waals surface area contributed by atoms with Crippen LogP contribution in [0.4, 0.5) is 23.1 Å². The van der Waals surface area contributed by atoms with Gasteiger partial charge in [0.15, 0.2) is 5.82 Å². The van der Waals surface area contributed by atoms with Crippen molar-refractivity contribution in [3.63, 3.8) is 0 Å². The number of hydrogen-bond donors (Lipinski definition) is 3. The van der Waals surface area contributed by atoms with Crippen molar-refractivity contribution in [1.82, 2.24) is 15.3 Å². The number of benzene rings is 2. The van der Waals surface area contributed by atoms with E-state index in [2.05, 4.69) is 25.9 Å². The number of carbonyl (C=O) groups excluding carboxylic acids is 1. The second kappa shape index (κ2) is 10.6. The number of amides is 1. The van der Waals surface area contributed by atoms with Crippen molar-refractivity contribution in [3.05, 3.63) is 65.3 Å². The molecule has 0 saturated carbocycles. The monoisotopic (exact) mass is 499 g/mol. The molecule has 0 aliphatic carbocycles. The predicted octanol–water partition coefficient (Wildman–Crippen LogP) is 4.77. The Morgan fingerprint density at radius 3 is 2.47 bits per heavy atom. The summed E-state index contributed by atoms with van der Waals surface area (Å²) in [6, 6.07) is 14.6. The van der Waals surface area contributed by atoms with E-state index in [1.807, 2.05) is 24.3 Å². The third kappa shape index (κ3) is 6.14. The number of hydrogen-bond acceptors (Lipinski definition) is 7. The normalized spacial score (nSPS) is 14.4. The summed E-state index contributed by atoms with van der Waals surface area (Å²) >= 11 is 6.31. The van der Waals surface area contributed by atoms with Crippen LogP contribution in [-0.4, -0.2) is 48.5 Å². The molecule has 0 unspecified atom stereocenters. The Hall–Kier alpha value is -2.93. The highest BCUT2D eigenvalue weighted by Gasteiger charge is 2.18. The molecule has 4 rings (SSSR count). The lowest BCUT2D eigenvalue weighted by Gasteiger charge is -2.23. The van der Waals surface area contributed by atoms with E-state index >= 15 is 0 Å². The number of carbonyl (C=O) groups is 1. The standard InChI is InChI=1S/C24H27ClN5O3P/c1-34(2,32)21-6-4-3-5-20(21)29-22-19(25)15-26-24(30-22)28-17-9-7-16(8-10-17)23(31)27-18-11-13-33-14-12-18/h3-10,15,18H,11-14H2,1-2H3,(H,27,31)(H2,26,28,29,30). The van der Waals surface area contributed by atoms with Crippen LogP contribution in [0, 0.1) is 0 Å². The van der Waals surface area contributed by atoms with Crippen LogP contribution in [0.15, 0.2) is 54.7 Å². The van der Waals surface area contributed by atoms with Crippen LogP contribution in [0.1, 0.15) is 23.2 Å². The Kier molecular flexibility index (Phi) is 7.51. The molecule has 1 aromatic heterocycles. The predicted molar refractivity (Wildman–Crippen MR) is 137 cm³/mol. The van der Waals surface area contributed by atoms with E-state index in [-0.39, 0.29) is 11.9 Å². The van der Waals surface area contributed by atoms with Crippen LogP contribution in [-0.2, 0) is 9.30 Å². The lowest BCUT2D eigenvalue weighted by atomic mass is 10.1. The maximum Gasteiger partial charge on any atom is 0.251 e. The van der Waals surface area contributed by atoms with Crippen molar-refractivity contribution in [2.45, 2.75) is 18.9 Å². The van der Waals surface area contributed by atoms with Crippen LogP contribution in [0.5, 0.6) is 0 Å². The number of anilines is 4. The summed E-state index contributed by atoms with van der Waals surface area (Å²) in [6.07, 6.45) is 3.15. The number of nitrogens with zero attached hydrogens (tertiary/aromatic N) is 2. The number of nitrogens with one attached hydrogen (secondary N) is 3. The van der Waals surface area contributed by atoms with Crippen LogP contribution < -0.4 is 21.3 Å². The fourth-order valence-corrected chi connectivity index (χ4v) is 4.93. The molecule has 0 bridgehead atoms. The molecule has 0 atom stereocenters. The summed E-state index contributed by atoms with van der Waals surface area (Å²) in [5.41, 5.74) is 1.99. The average Bonchev–Trinajstić information content (AvgIpc) is 2.82. The van der Waals surface area contributed by atoms with Gasteiger partial charge in [-0.1, -0.05) is 23.7 Å². The van der Waals surface area contributed by atoms with Crippen LogP contribution >= 0.6 is 18.7 Å². The Balaban J connectivity index is 1.45. The average molecular weight is 500 g/mol. The van der Waals surface area contributed by atoms with Crippen molar-refractivity contribution in [2.24, 2.45) is 0 Å². The first-order valence-corrected chi connectivity index (χ1v) is 14.0. The van der Waals surface area contributed by atoms with Crippen LogP contribution in [0.2, 0.25) is 5.02 Å². The number of aromatic nitrogens is 2. The van der Waals surface area contributed by atoms with Gasteiger partial charge in [0.2, 0.25) is 5.95 Å². The second-order valence-corrected chi connectivity index (χ2v) is 12.0.